The normalized spacial score (nSPS) is 16.3. The highest BCUT2D eigenvalue weighted by Crippen LogP contribution is 2.48. The summed E-state index contributed by atoms with van der Waals surface area (Å²) in [5.41, 5.74) is 3.87. The van der Waals surface area contributed by atoms with Crippen LogP contribution in [-0.4, -0.2) is 44.2 Å². The highest BCUT2D eigenvalue weighted by molar-refractivity contribution is 7.99. The summed E-state index contributed by atoms with van der Waals surface area (Å²) in [4.78, 5) is 10.2. The van der Waals surface area contributed by atoms with E-state index in [1.165, 1.54) is 26.9 Å². The zero-order chi connectivity index (χ0) is 20.3. The van der Waals surface area contributed by atoms with Gasteiger partial charge in [-0.15, -0.1) is 0 Å². The van der Waals surface area contributed by atoms with Gasteiger partial charge in [-0.1, -0.05) is 53.7 Å². The lowest BCUT2D eigenvalue weighted by molar-refractivity contribution is 0.256. The van der Waals surface area contributed by atoms with Gasteiger partial charge in [-0.2, -0.15) is 0 Å². The van der Waals surface area contributed by atoms with Crippen LogP contribution < -0.4 is 9.80 Å². The summed E-state index contributed by atoms with van der Waals surface area (Å²) < 4.78 is 0. The number of para-hydroxylation sites is 2. The molecule has 0 saturated carbocycles. The number of benzene rings is 3. The average Bonchev–Trinajstić information content (AvgIpc) is 2.80. The van der Waals surface area contributed by atoms with Crippen molar-refractivity contribution in [1.82, 2.24) is 4.90 Å². The molecule has 30 heavy (non-hydrogen) atoms. The molecule has 0 radical (unpaired) electrons. The molecule has 154 valence electrons. The first-order chi connectivity index (χ1) is 14.8. The monoisotopic (exact) mass is 435 g/mol. The van der Waals surface area contributed by atoms with Crippen molar-refractivity contribution in [3.05, 3.63) is 77.8 Å². The molecule has 0 aliphatic carbocycles. The zero-order valence-electron chi connectivity index (χ0n) is 17.0. The molecule has 1 fully saturated rings. The molecule has 0 unspecified atom stereocenters. The molecular formula is C25H26ClN3S. The number of nitrogens with zero attached hydrogens (tertiary/aromatic N) is 3. The van der Waals surface area contributed by atoms with Crippen molar-refractivity contribution < 1.29 is 0 Å². The fourth-order valence-corrected chi connectivity index (χ4v) is 5.61. The van der Waals surface area contributed by atoms with Gasteiger partial charge in [-0.05, 0) is 55.4 Å². The van der Waals surface area contributed by atoms with Gasteiger partial charge in [0.15, 0.2) is 0 Å². The van der Waals surface area contributed by atoms with Crippen LogP contribution >= 0.6 is 23.4 Å². The number of hydrogen-bond donors (Lipinski definition) is 0. The lowest BCUT2D eigenvalue weighted by Crippen LogP contribution is -2.47. The van der Waals surface area contributed by atoms with E-state index >= 15 is 0 Å². The van der Waals surface area contributed by atoms with Crippen molar-refractivity contribution >= 4 is 40.4 Å². The van der Waals surface area contributed by atoms with E-state index in [1.807, 2.05) is 17.8 Å². The Labute approximate surface area is 188 Å². The molecule has 0 N–H and O–H groups in total. The number of halogens is 1. The van der Waals surface area contributed by atoms with E-state index in [0.29, 0.717) is 0 Å². The third-order valence-electron chi connectivity index (χ3n) is 5.94. The minimum Gasteiger partial charge on any atom is -0.369 e. The third kappa shape index (κ3) is 4.18. The average molecular weight is 436 g/mol. The summed E-state index contributed by atoms with van der Waals surface area (Å²) in [6.45, 7) is 6.60. The standard InChI is InChI=1S/C25H26ClN3S/c26-20-11-12-25-23(19-20)29(22-9-4-5-10-24(22)30-25)14-6-13-27-15-17-28(18-16-27)21-7-2-1-3-8-21/h1-5,7-12,19H,6,13-18H2. The van der Waals surface area contributed by atoms with E-state index in [0.717, 1.165) is 50.7 Å². The van der Waals surface area contributed by atoms with E-state index < -0.39 is 0 Å². The number of hydrogen-bond acceptors (Lipinski definition) is 4. The molecule has 1 saturated heterocycles. The minimum atomic E-state index is 0.802. The lowest BCUT2D eigenvalue weighted by atomic mass is 10.2. The Morgan fingerprint density at radius 2 is 1.47 bits per heavy atom. The van der Waals surface area contributed by atoms with Crippen LogP contribution in [0, 0.1) is 0 Å². The molecule has 2 heterocycles. The number of anilines is 3. The predicted octanol–water partition coefficient (Wildman–Crippen LogP) is 6.16. The van der Waals surface area contributed by atoms with Gasteiger partial charge in [-0.3, -0.25) is 4.90 Å². The summed E-state index contributed by atoms with van der Waals surface area (Å²) in [5.74, 6) is 0. The number of rotatable bonds is 5. The molecule has 3 aromatic carbocycles. The summed E-state index contributed by atoms with van der Waals surface area (Å²) in [6, 6.07) is 25.7. The van der Waals surface area contributed by atoms with Crippen LogP contribution in [0.4, 0.5) is 17.1 Å². The van der Waals surface area contributed by atoms with Gasteiger partial charge in [0, 0.05) is 53.2 Å². The molecule has 5 rings (SSSR count). The minimum absolute atomic E-state index is 0.802. The second-order valence-electron chi connectivity index (χ2n) is 7.85. The van der Waals surface area contributed by atoms with Crippen molar-refractivity contribution in [3.8, 4) is 0 Å². The molecule has 0 bridgehead atoms. The van der Waals surface area contributed by atoms with Gasteiger partial charge in [0.1, 0.15) is 0 Å². The third-order valence-corrected chi connectivity index (χ3v) is 7.30. The highest BCUT2D eigenvalue weighted by Gasteiger charge is 2.24. The molecule has 2 aliphatic rings. The van der Waals surface area contributed by atoms with Gasteiger partial charge in [0.05, 0.1) is 11.4 Å². The van der Waals surface area contributed by atoms with E-state index in [1.54, 1.807) is 0 Å². The summed E-state index contributed by atoms with van der Waals surface area (Å²) >= 11 is 8.18. The molecule has 3 nitrogen and oxygen atoms in total. The Balaban J connectivity index is 1.22. The van der Waals surface area contributed by atoms with Crippen molar-refractivity contribution in [2.24, 2.45) is 0 Å². The Morgan fingerprint density at radius 3 is 2.30 bits per heavy atom. The van der Waals surface area contributed by atoms with Crippen LogP contribution in [0.1, 0.15) is 6.42 Å². The van der Waals surface area contributed by atoms with Crippen molar-refractivity contribution in [2.75, 3.05) is 49.1 Å². The first kappa shape index (κ1) is 19.8. The molecule has 2 aliphatic heterocycles. The Hall–Kier alpha value is -2.14. The Morgan fingerprint density at radius 1 is 0.733 bits per heavy atom. The second kappa shape index (κ2) is 8.93. The molecule has 0 aromatic heterocycles. The lowest BCUT2D eigenvalue weighted by Gasteiger charge is -2.37. The van der Waals surface area contributed by atoms with Gasteiger partial charge in [0.2, 0.25) is 0 Å². The predicted molar refractivity (Wildman–Crippen MR) is 129 cm³/mol. The Kier molecular flexibility index (Phi) is 5.89. The van der Waals surface area contributed by atoms with Crippen LogP contribution in [0.15, 0.2) is 82.6 Å². The van der Waals surface area contributed by atoms with Gasteiger partial charge >= 0.3 is 0 Å². The molecule has 0 amide bonds. The van der Waals surface area contributed by atoms with Gasteiger partial charge in [0.25, 0.3) is 0 Å². The van der Waals surface area contributed by atoms with Crippen LogP contribution in [0.25, 0.3) is 0 Å². The van der Waals surface area contributed by atoms with Crippen LogP contribution in [0.3, 0.4) is 0 Å². The number of piperazine rings is 1. The van der Waals surface area contributed by atoms with Crippen molar-refractivity contribution in [3.63, 3.8) is 0 Å². The largest absolute Gasteiger partial charge is 0.369 e. The number of fused-ring (bicyclic) bond motifs is 2. The molecule has 3 aromatic rings. The van der Waals surface area contributed by atoms with E-state index in [-0.39, 0.29) is 0 Å². The molecule has 0 spiro atoms. The maximum Gasteiger partial charge on any atom is 0.0567 e. The van der Waals surface area contributed by atoms with Crippen molar-refractivity contribution in [1.29, 1.82) is 0 Å². The van der Waals surface area contributed by atoms with E-state index in [2.05, 4.69) is 81.4 Å². The summed E-state index contributed by atoms with van der Waals surface area (Å²) in [7, 11) is 0. The first-order valence-corrected chi connectivity index (χ1v) is 11.8. The quantitative estimate of drug-likeness (QED) is 0.474. The van der Waals surface area contributed by atoms with Crippen LogP contribution in [-0.2, 0) is 0 Å². The fourth-order valence-electron chi connectivity index (χ4n) is 4.36. The fraction of sp³-hybridized carbons (Fsp3) is 0.280. The SMILES string of the molecule is Clc1ccc2c(c1)N(CCCN1CCN(c3ccccc3)CC1)c1ccccc1S2. The zero-order valence-corrected chi connectivity index (χ0v) is 18.6. The second-order valence-corrected chi connectivity index (χ2v) is 9.37. The van der Waals surface area contributed by atoms with E-state index in [4.69, 9.17) is 11.6 Å². The molecule has 5 heteroatoms. The summed E-state index contributed by atoms with van der Waals surface area (Å²) in [6.07, 6.45) is 1.14. The summed E-state index contributed by atoms with van der Waals surface area (Å²) in [5, 5.41) is 0.802. The molecular weight excluding hydrogens is 410 g/mol. The van der Waals surface area contributed by atoms with Crippen molar-refractivity contribution in [2.45, 2.75) is 16.2 Å². The maximum atomic E-state index is 6.34. The molecule has 0 atom stereocenters. The van der Waals surface area contributed by atoms with E-state index in [9.17, 15) is 0 Å². The van der Waals surface area contributed by atoms with Crippen LogP contribution in [0.2, 0.25) is 5.02 Å². The maximum absolute atomic E-state index is 6.34. The van der Waals surface area contributed by atoms with Gasteiger partial charge < -0.3 is 9.80 Å². The van der Waals surface area contributed by atoms with Crippen LogP contribution in [0.5, 0.6) is 0 Å². The topological polar surface area (TPSA) is 9.72 Å². The smallest absolute Gasteiger partial charge is 0.0567 e. The Bertz CT molecular complexity index is 1000. The first-order valence-electron chi connectivity index (χ1n) is 10.6. The highest BCUT2D eigenvalue weighted by atomic mass is 35.5. The van der Waals surface area contributed by atoms with Gasteiger partial charge in [-0.25, -0.2) is 0 Å².